The molecule has 1 unspecified atom stereocenters. The molecule has 6 rings (SSSR count). The lowest BCUT2D eigenvalue weighted by Gasteiger charge is -2.21. The molecule has 0 fully saturated rings. The Hall–Kier alpha value is -4.30. The number of hydrogen-bond donors (Lipinski definition) is 0. The van der Waals surface area contributed by atoms with E-state index in [2.05, 4.69) is 71.1 Å². The van der Waals surface area contributed by atoms with Crippen molar-refractivity contribution in [1.29, 1.82) is 0 Å². The maximum atomic E-state index is 5.51. The van der Waals surface area contributed by atoms with E-state index in [0.717, 1.165) is 50.5 Å². The van der Waals surface area contributed by atoms with E-state index in [1.165, 1.54) is 5.56 Å². The van der Waals surface area contributed by atoms with Gasteiger partial charge in [0.15, 0.2) is 0 Å². The maximum Gasteiger partial charge on any atom is 0.207 e. The summed E-state index contributed by atoms with van der Waals surface area (Å²) in [4.78, 5) is 4.96. The third-order valence-corrected chi connectivity index (χ3v) is 7.42. The second-order valence-electron chi connectivity index (χ2n) is 9.04. The Kier molecular flexibility index (Phi) is 6.02. The van der Waals surface area contributed by atoms with E-state index in [0.29, 0.717) is 6.42 Å². The predicted molar refractivity (Wildman–Crippen MR) is 148 cm³/mol. The van der Waals surface area contributed by atoms with Crippen molar-refractivity contribution in [3.63, 3.8) is 0 Å². The number of rotatable bonds is 6. The summed E-state index contributed by atoms with van der Waals surface area (Å²) in [5, 5.41) is 19.0. The summed E-state index contributed by atoms with van der Waals surface area (Å²) in [7, 11) is 1.69. The van der Waals surface area contributed by atoms with Crippen LogP contribution in [0.1, 0.15) is 35.0 Å². The smallest absolute Gasteiger partial charge is 0.207 e. The number of thiazole rings is 1. The highest BCUT2D eigenvalue weighted by Gasteiger charge is 2.34. The molecule has 0 bridgehead atoms. The molecule has 1 aliphatic rings. The number of methoxy groups -OCH3 is 1. The fourth-order valence-corrected chi connectivity index (χ4v) is 5.41. The molecule has 2 aromatic heterocycles. The van der Waals surface area contributed by atoms with Crippen LogP contribution in [0, 0.1) is 13.8 Å². The predicted octanol–water partition coefficient (Wildman–Crippen LogP) is 6.37. The van der Waals surface area contributed by atoms with Gasteiger partial charge in [0.25, 0.3) is 0 Å². The second kappa shape index (κ2) is 9.63. The van der Waals surface area contributed by atoms with Crippen LogP contribution in [-0.2, 0) is 0 Å². The minimum Gasteiger partial charge on any atom is -0.497 e. The van der Waals surface area contributed by atoms with Gasteiger partial charge in [-0.3, -0.25) is 0 Å². The second-order valence-corrected chi connectivity index (χ2v) is 9.88. The molecule has 0 spiro atoms. The average molecular weight is 507 g/mol. The van der Waals surface area contributed by atoms with Crippen LogP contribution in [0.3, 0.4) is 0 Å². The number of nitrogens with zero attached hydrogens (tertiary/aromatic N) is 6. The van der Waals surface area contributed by atoms with E-state index in [1.54, 1.807) is 18.4 Å². The molecule has 1 aliphatic heterocycles. The molecule has 0 saturated carbocycles. The van der Waals surface area contributed by atoms with Crippen LogP contribution in [0.25, 0.3) is 16.9 Å². The molecule has 0 saturated heterocycles. The Bertz CT molecular complexity index is 1570. The molecule has 184 valence electrons. The third-order valence-electron chi connectivity index (χ3n) is 6.59. The Morgan fingerprint density at radius 1 is 0.946 bits per heavy atom. The van der Waals surface area contributed by atoms with Crippen LogP contribution in [0.15, 0.2) is 89.3 Å². The minimum atomic E-state index is -0.0381. The van der Waals surface area contributed by atoms with E-state index in [9.17, 15) is 0 Å². The van der Waals surface area contributed by atoms with E-state index >= 15 is 0 Å². The van der Waals surface area contributed by atoms with Gasteiger partial charge in [0.1, 0.15) is 11.4 Å². The molecule has 3 aromatic carbocycles. The van der Waals surface area contributed by atoms with E-state index in [-0.39, 0.29) is 6.04 Å². The number of anilines is 1. The van der Waals surface area contributed by atoms with Gasteiger partial charge in [0, 0.05) is 17.4 Å². The molecular formula is C29H26N6OS. The van der Waals surface area contributed by atoms with Crippen LogP contribution >= 0.6 is 11.3 Å². The first-order valence-corrected chi connectivity index (χ1v) is 13.0. The lowest BCUT2D eigenvalue weighted by Crippen LogP contribution is -2.18. The van der Waals surface area contributed by atoms with Gasteiger partial charge in [-0.25, -0.2) is 14.7 Å². The Morgan fingerprint density at radius 2 is 1.76 bits per heavy atom. The summed E-state index contributed by atoms with van der Waals surface area (Å²) in [5.74, 6) is 0.816. The first-order chi connectivity index (χ1) is 18.1. The highest BCUT2D eigenvalue weighted by atomic mass is 32.1. The van der Waals surface area contributed by atoms with Gasteiger partial charge in [-0.1, -0.05) is 65.4 Å². The summed E-state index contributed by atoms with van der Waals surface area (Å²) in [6.07, 6.45) is 0.681. The molecule has 8 heteroatoms. The summed E-state index contributed by atoms with van der Waals surface area (Å²) in [5.41, 5.74) is 7.97. The zero-order valence-corrected chi connectivity index (χ0v) is 21.7. The van der Waals surface area contributed by atoms with Crippen molar-refractivity contribution in [3.05, 3.63) is 107 Å². The highest BCUT2D eigenvalue weighted by molar-refractivity contribution is 7.14. The molecule has 5 aromatic rings. The lowest BCUT2D eigenvalue weighted by molar-refractivity contribution is 0.414. The van der Waals surface area contributed by atoms with Crippen molar-refractivity contribution in [2.75, 3.05) is 12.1 Å². The number of ether oxygens (including phenoxy) is 1. The van der Waals surface area contributed by atoms with Crippen LogP contribution in [0.4, 0.5) is 5.13 Å². The largest absolute Gasteiger partial charge is 0.497 e. The van der Waals surface area contributed by atoms with Gasteiger partial charge in [0.2, 0.25) is 5.13 Å². The van der Waals surface area contributed by atoms with Crippen molar-refractivity contribution >= 4 is 22.2 Å². The summed E-state index contributed by atoms with van der Waals surface area (Å²) in [6.45, 7) is 4.11. The Labute approximate surface area is 219 Å². The number of hydrogen-bond acceptors (Lipinski definition) is 7. The fourth-order valence-electron chi connectivity index (χ4n) is 4.58. The van der Waals surface area contributed by atoms with Gasteiger partial charge >= 0.3 is 0 Å². The fraction of sp³-hybridized carbons (Fsp3) is 0.172. The Morgan fingerprint density at radius 3 is 2.54 bits per heavy atom. The molecule has 1 atom stereocenters. The van der Waals surface area contributed by atoms with Crippen molar-refractivity contribution < 1.29 is 4.74 Å². The van der Waals surface area contributed by atoms with E-state index in [4.69, 9.17) is 14.8 Å². The number of hydrazone groups is 1. The van der Waals surface area contributed by atoms with E-state index < -0.39 is 0 Å². The molecule has 0 radical (unpaired) electrons. The van der Waals surface area contributed by atoms with Crippen molar-refractivity contribution in [3.8, 4) is 22.7 Å². The van der Waals surface area contributed by atoms with Crippen LogP contribution in [0.2, 0.25) is 0 Å². The van der Waals surface area contributed by atoms with Gasteiger partial charge in [0.05, 0.1) is 35.9 Å². The minimum absolute atomic E-state index is 0.0381. The van der Waals surface area contributed by atoms with Gasteiger partial charge in [-0.15, -0.1) is 16.4 Å². The molecular weight excluding hydrogens is 480 g/mol. The van der Waals surface area contributed by atoms with Gasteiger partial charge in [-0.05, 0) is 43.7 Å². The Balaban J connectivity index is 1.40. The van der Waals surface area contributed by atoms with Crippen molar-refractivity contribution in [1.82, 2.24) is 20.0 Å². The van der Waals surface area contributed by atoms with Crippen molar-refractivity contribution in [2.45, 2.75) is 26.3 Å². The van der Waals surface area contributed by atoms with Crippen LogP contribution in [0.5, 0.6) is 5.75 Å². The maximum absolute atomic E-state index is 5.51. The van der Waals surface area contributed by atoms with Crippen LogP contribution < -0.4 is 9.75 Å². The van der Waals surface area contributed by atoms with Gasteiger partial charge < -0.3 is 4.74 Å². The number of aryl methyl sites for hydroxylation is 1. The highest BCUT2D eigenvalue weighted by Crippen LogP contribution is 2.40. The number of aromatic nitrogens is 4. The third kappa shape index (κ3) is 4.40. The molecule has 0 amide bonds. The molecule has 3 heterocycles. The zero-order valence-electron chi connectivity index (χ0n) is 20.9. The van der Waals surface area contributed by atoms with Gasteiger partial charge in [-0.2, -0.15) is 5.10 Å². The SMILES string of the molecule is COc1cccc(C2CC(c3nnn(-c4ccc(C)cc4)c3C)=NN2c2nc(-c3ccccc3)cs2)c1. The number of benzene rings is 3. The normalized spacial score (nSPS) is 15.2. The van der Waals surface area contributed by atoms with Crippen LogP contribution in [-0.4, -0.2) is 32.8 Å². The summed E-state index contributed by atoms with van der Waals surface area (Å²) >= 11 is 1.59. The monoisotopic (exact) mass is 506 g/mol. The molecule has 37 heavy (non-hydrogen) atoms. The average Bonchev–Trinajstić information content (AvgIpc) is 3.68. The molecule has 0 aliphatic carbocycles. The first-order valence-electron chi connectivity index (χ1n) is 12.1. The topological polar surface area (TPSA) is 68.4 Å². The first kappa shape index (κ1) is 23.1. The summed E-state index contributed by atoms with van der Waals surface area (Å²) < 4.78 is 7.39. The summed E-state index contributed by atoms with van der Waals surface area (Å²) in [6, 6.07) is 26.6. The van der Waals surface area contributed by atoms with E-state index in [1.807, 2.05) is 46.9 Å². The molecule has 0 N–H and O–H groups in total. The molecule has 7 nitrogen and oxygen atoms in total. The zero-order chi connectivity index (χ0) is 25.4. The lowest BCUT2D eigenvalue weighted by atomic mass is 10.00. The van der Waals surface area contributed by atoms with Crippen molar-refractivity contribution in [2.24, 2.45) is 5.10 Å². The quantitative estimate of drug-likeness (QED) is 0.268. The standard InChI is InChI=1S/C29H26N6OS/c1-19-12-14-23(15-13-19)34-20(2)28(31-33-34)25-17-27(22-10-7-11-24(16-22)36-3)35(32-25)29-30-26(18-37-29)21-8-5-4-6-9-21/h4-16,18,27H,17H2,1-3H3.